The van der Waals surface area contributed by atoms with Crippen LogP contribution in [-0.2, 0) is 21.2 Å². The van der Waals surface area contributed by atoms with Crippen LogP contribution < -0.4 is 9.62 Å². The van der Waals surface area contributed by atoms with E-state index in [1.165, 1.54) is 6.07 Å². The highest BCUT2D eigenvalue weighted by Gasteiger charge is 2.36. The lowest BCUT2D eigenvalue weighted by Crippen LogP contribution is -2.38. The van der Waals surface area contributed by atoms with Gasteiger partial charge in [-0.15, -0.1) is 20.4 Å². The standard InChI is InChI=1S/C22H29F3N6O4S2/c1-4-6-7-10-31-14(3)8-9-15-11-16(26-28-21-29-27-19(36-21)20(32)35-5-2)17(12-18(15)31)30-37(33,34)13-22(23,24)25/h11-12,14,30H,4-10,13H2,1-3H3. The molecule has 1 aliphatic rings. The van der Waals surface area contributed by atoms with Crippen LogP contribution in [0.4, 0.5) is 35.4 Å². The molecule has 10 nitrogen and oxygen atoms in total. The Morgan fingerprint density at radius 3 is 2.68 bits per heavy atom. The topological polar surface area (TPSA) is 126 Å². The predicted molar refractivity (Wildman–Crippen MR) is 135 cm³/mol. The molecule has 0 amide bonds. The number of azo groups is 1. The fourth-order valence-electron chi connectivity index (χ4n) is 3.93. The number of sulfonamides is 1. The Bertz CT molecular complexity index is 1230. The van der Waals surface area contributed by atoms with Crippen molar-refractivity contribution in [3.8, 4) is 0 Å². The number of halogens is 3. The molecule has 2 aromatic rings. The summed E-state index contributed by atoms with van der Waals surface area (Å²) in [6.45, 7) is 6.68. The van der Waals surface area contributed by atoms with E-state index >= 15 is 0 Å². The molecule has 15 heteroatoms. The number of nitrogens with one attached hydrogen (secondary N) is 1. The average molecular weight is 563 g/mol. The van der Waals surface area contributed by atoms with Crippen molar-refractivity contribution in [3.05, 3.63) is 22.7 Å². The van der Waals surface area contributed by atoms with Gasteiger partial charge in [0, 0.05) is 18.3 Å². The van der Waals surface area contributed by atoms with Gasteiger partial charge in [-0.1, -0.05) is 31.1 Å². The number of benzene rings is 1. The van der Waals surface area contributed by atoms with E-state index in [1.807, 2.05) is 4.72 Å². The quantitative estimate of drug-likeness (QED) is 0.209. The Morgan fingerprint density at radius 2 is 2.00 bits per heavy atom. The van der Waals surface area contributed by atoms with Crippen molar-refractivity contribution < 1.29 is 31.1 Å². The summed E-state index contributed by atoms with van der Waals surface area (Å²) in [4.78, 5) is 14.0. The zero-order valence-electron chi connectivity index (χ0n) is 20.7. The van der Waals surface area contributed by atoms with Crippen molar-refractivity contribution >= 4 is 49.5 Å². The van der Waals surface area contributed by atoms with Gasteiger partial charge in [0.25, 0.3) is 5.13 Å². The van der Waals surface area contributed by atoms with Crippen molar-refractivity contribution in [2.75, 3.05) is 28.5 Å². The Labute approximate surface area is 217 Å². The number of unbranched alkanes of at least 4 members (excludes halogenated alkanes) is 2. The number of rotatable bonds is 11. The van der Waals surface area contributed by atoms with E-state index in [2.05, 4.69) is 39.2 Å². The molecular formula is C22H29F3N6O4S2. The third-order valence-electron chi connectivity index (χ3n) is 5.60. The summed E-state index contributed by atoms with van der Waals surface area (Å²) in [5, 5.41) is 15.4. The van der Waals surface area contributed by atoms with Gasteiger partial charge >= 0.3 is 12.1 Å². The lowest BCUT2D eigenvalue weighted by molar-refractivity contribution is -0.106. The predicted octanol–water partition coefficient (Wildman–Crippen LogP) is 5.77. The maximum Gasteiger partial charge on any atom is 0.404 e. The van der Waals surface area contributed by atoms with E-state index < -0.39 is 27.9 Å². The summed E-state index contributed by atoms with van der Waals surface area (Å²) in [5.41, 5.74) is 1.53. The van der Waals surface area contributed by atoms with Crippen molar-refractivity contribution in [2.45, 2.75) is 65.1 Å². The molecule has 0 aliphatic carbocycles. The molecule has 0 radical (unpaired) electrons. The number of fused-ring (bicyclic) bond motifs is 1. The van der Waals surface area contributed by atoms with Crippen molar-refractivity contribution in [2.24, 2.45) is 10.2 Å². The number of carbonyl (C=O) groups excluding carboxylic acids is 1. The van der Waals surface area contributed by atoms with Gasteiger partial charge in [-0.25, -0.2) is 13.2 Å². The van der Waals surface area contributed by atoms with Gasteiger partial charge in [-0.3, -0.25) is 4.72 Å². The second-order valence-electron chi connectivity index (χ2n) is 8.57. The van der Waals surface area contributed by atoms with Crippen LogP contribution in [0.3, 0.4) is 0 Å². The fraction of sp³-hybridized carbons (Fsp3) is 0.591. The van der Waals surface area contributed by atoms with Crippen molar-refractivity contribution in [1.29, 1.82) is 0 Å². The molecule has 1 aromatic carbocycles. The highest BCUT2D eigenvalue weighted by molar-refractivity contribution is 7.92. The zero-order valence-corrected chi connectivity index (χ0v) is 22.3. The molecule has 2 heterocycles. The lowest BCUT2D eigenvalue weighted by Gasteiger charge is -2.37. The van der Waals surface area contributed by atoms with Gasteiger partial charge in [-0.2, -0.15) is 13.2 Å². The maximum absolute atomic E-state index is 12.9. The summed E-state index contributed by atoms with van der Waals surface area (Å²) in [5.74, 6) is -2.71. The molecule has 1 unspecified atom stereocenters. The number of carbonyl (C=O) groups is 1. The lowest BCUT2D eigenvalue weighted by atomic mass is 9.95. The summed E-state index contributed by atoms with van der Waals surface area (Å²) in [7, 11) is -4.77. The number of aryl methyl sites for hydroxylation is 1. The number of nitrogens with zero attached hydrogens (tertiary/aromatic N) is 5. The average Bonchev–Trinajstić information content (AvgIpc) is 3.27. The molecule has 1 aromatic heterocycles. The number of anilines is 2. The first-order chi connectivity index (χ1) is 17.4. The molecule has 204 valence electrons. The molecule has 0 bridgehead atoms. The van der Waals surface area contributed by atoms with Gasteiger partial charge < -0.3 is 9.64 Å². The van der Waals surface area contributed by atoms with E-state index in [0.29, 0.717) is 6.42 Å². The van der Waals surface area contributed by atoms with Crippen LogP contribution in [0.5, 0.6) is 0 Å². The molecule has 1 aliphatic heterocycles. The van der Waals surface area contributed by atoms with Gasteiger partial charge in [0.15, 0.2) is 5.75 Å². The van der Waals surface area contributed by atoms with E-state index in [9.17, 15) is 26.4 Å². The molecule has 1 N–H and O–H groups in total. The Hall–Kier alpha value is -2.81. The second-order valence-corrected chi connectivity index (χ2v) is 11.3. The van der Waals surface area contributed by atoms with Gasteiger partial charge in [0.2, 0.25) is 15.0 Å². The number of hydrogen-bond acceptors (Lipinski definition) is 10. The highest BCUT2D eigenvalue weighted by Crippen LogP contribution is 2.40. The Morgan fingerprint density at radius 1 is 1.24 bits per heavy atom. The third kappa shape index (κ3) is 8.09. The number of esters is 1. The number of alkyl halides is 3. The number of hydrogen-bond donors (Lipinski definition) is 1. The molecule has 3 rings (SSSR count). The molecule has 0 spiro atoms. The zero-order chi connectivity index (χ0) is 27.2. The maximum atomic E-state index is 12.9. The first-order valence-electron chi connectivity index (χ1n) is 11.9. The van der Waals surface area contributed by atoms with Gasteiger partial charge in [0.1, 0.15) is 5.69 Å². The minimum Gasteiger partial charge on any atom is -0.461 e. The first kappa shape index (κ1) is 28.8. The monoisotopic (exact) mass is 562 g/mol. The van der Waals surface area contributed by atoms with Crippen LogP contribution in [-0.4, -0.2) is 55.7 Å². The molecule has 37 heavy (non-hydrogen) atoms. The van der Waals surface area contributed by atoms with Crippen LogP contribution in [0.1, 0.15) is 61.8 Å². The third-order valence-corrected chi connectivity index (χ3v) is 7.63. The molecule has 1 atom stereocenters. The first-order valence-corrected chi connectivity index (χ1v) is 14.3. The van der Waals surface area contributed by atoms with Crippen LogP contribution in [0, 0.1) is 0 Å². The van der Waals surface area contributed by atoms with Crippen LogP contribution >= 0.6 is 11.3 Å². The molecular weight excluding hydrogens is 533 g/mol. The van der Waals surface area contributed by atoms with Crippen LogP contribution in [0.15, 0.2) is 22.4 Å². The summed E-state index contributed by atoms with van der Waals surface area (Å²) in [6, 6.07) is 3.32. The summed E-state index contributed by atoms with van der Waals surface area (Å²) in [6.07, 6.45) is -0.403. The minimum absolute atomic E-state index is 0.000290. The summed E-state index contributed by atoms with van der Waals surface area (Å²) < 4.78 is 70.2. The molecule has 0 fully saturated rings. The van der Waals surface area contributed by atoms with E-state index in [-0.39, 0.29) is 34.2 Å². The van der Waals surface area contributed by atoms with Gasteiger partial charge in [-0.05, 0) is 50.8 Å². The Balaban J connectivity index is 1.99. The van der Waals surface area contributed by atoms with Crippen molar-refractivity contribution in [3.63, 3.8) is 0 Å². The summed E-state index contributed by atoms with van der Waals surface area (Å²) >= 11 is 0.815. The normalized spacial score (nSPS) is 16.2. The van der Waals surface area contributed by atoms with Crippen LogP contribution in [0.25, 0.3) is 0 Å². The minimum atomic E-state index is -4.92. The molecule has 0 saturated heterocycles. The van der Waals surface area contributed by atoms with E-state index in [1.54, 1.807) is 13.0 Å². The van der Waals surface area contributed by atoms with Crippen molar-refractivity contribution in [1.82, 2.24) is 10.2 Å². The van der Waals surface area contributed by atoms with E-state index in [4.69, 9.17) is 4.74 Å². The Kier molecular flexibility index (Phi) is 9.45. The largest absolute Gasteiger partial charge is 0.461 e. The smallest absolute Gasteiger partial charge is 0.404 e. The highest BCUT2D eigenvalue weighted by atomic mass is 32.2. The second kappa shape index (κ2) is 12.2. The number of ether oxygens (including phenoxy) is 1. The molecule has 0 saturated carbocycles. The SMILES string of the molecule is CCCCCN1c2cc(NS(=O)(=O)CC(F)(F)F)c(N=Nc3nnc(C(=O)OCC)s3)cc2CCC1C. The van der Waals surface area contributed by atoms with Gasteiger partial charge in [0.05, 0.1) is 12.3 Å². The fourth-order valence-corrected chi connectivity index (χ4v) is 5.49. The number of aromatic nitrogens is 2. The van der Waals surface area contributed by atoms with E-state index in [0.717, 1.165) is 54.8 Å². The van der Waals surface area contributed by atoms with Crippen LogP contribution in [0.2, 0.25) is 0 Å².